The third kappa shape index (κ3) is 3.95. The van der Waals surface area contributed by atoms with E-state index in [9.17, 15) is 0 Å². The molecule has 2 nitrogen and oxygen atoms in total. The van der Waals surface area contributed by atoms with Crippen LogP contribution in [0.15, 0.2) is 18.2 Å². The van der Waals surface area contributed by atoms with Gasteiger partial charge in [-0.3, -0.25) is 0 Å². The number of aryl methyl sites for hydroxylation is 1. The summed E-state index contributed by atoms with van der Waals surface area (Å²) in [6.07, 6.45) is 2.41. The lowest BCUT2D eigenvalue weighted by molar-refractivity contribution is 0.411. The highest BCUT2D eigenvalue weighted by atomic mass is 32.2. The number of thioether (sulfide) groups is 1. The van der Waals surface area contributed by atoms with Crippen molar-refractivity contribution < 1.29 is 4.74 Å². The number of hydrogen-bond donors (Lipinski definition) is 1. The molecule has 21 heavy (non-hydrogen) atoms. The number of ether oxygens (including phenoxy) is 1. The molecule has 0 aliphatic heterocycles. The van der Waals surface area contributed by atoms with Crippen molar-refractivity contribution in [2.24, 2.45) is 5.92 Å². The van der Waals surface area contributed by atoms with E-state index >= 15 is 0 Å². The minimum atomic E-state index is 0.468. The fourth-order valence-corrected chi connectivity index (χ4v) is 4.45. The van der Waals surface area contributed by atoms with Crippen LogP contribution in [0.3, 0.4) is 0 Å². The fraction of sp³-hybridized carbons (Fsp3) is 0.667. The van der Waals surface area contributed by atoms with Crippen molar-refractivity contribution >= 4 is 11.8 Å². The molecule has 0 bridgehead atoms. The predicted octanol–water partition coefficient (Wildman–Crippen LogP) is 4.44. The highest BCUT2D eigenvalue weighted by molar-refractivity contribution is 8.00. The zero-order valence-corrected chi connectivity index (χ0v) is 14.8. The Morgan fingerprint density at radius 3 is 2.71 bits per heavy atom. The maximum atomic E-state index is 5.37. The highest BCUT2D eigenvalue weighted by Crippen LogP contribution is 2.40. The number of methoxy groups -OCH3 is 1. The van der Waals surface area contributed by atoms with E-state index in [1.54, 1.807) is 7.11 Å². The van der Waals surface area contributed by atoms with E-state index in [0.29, 0.717) is 16.5 Å². The summed E-state index contributed by atoms with van der Waals surface area (Å²) in [5.41, 5.74) is 2.92. The zero-order chi connectivity index (χ0) is 15.4. The van der Waals surface area contributed by atoms with Gasteiger partial charge >= 0.3 is 0 Å². The lowest BCUT2D eigenvalue weighted by Crippen LogP contribution is -2.35. The quantitative estimate of drug-likeness (QED) is 0.839. The molecule has 1 aromatic rings. The zero-order valence-electron chi connectivity index (χ0n) is 14.0. The molecular weight excluding hydrogens is 278 g/mol. The van der Waals surface area contributed by atoms with Gasteiger partial charge in [0.15, 0.2) is 0 Å². The van der Waals surface area contributed by atoms with Crippen LogP contribution in [0.2, 0.25) is 0 Å². The molecule has 0 saturated carbocycles. The SMILES string of the molecule is CCNC1c2ccc(OC)cc2CCC1SC(C)C(C)C. The highest BCUT2D eigenvalue weighted by Gasteiger charge is 2.31. The van der Waals surface area contributed by atoms with Gasteiger partial charge in [0.05, 0.1) is 7.11 Å². The molecule has 1 aliphatic rings. The molecule has 118 valence electrons. The van der Waals surface area contributed by atoms with Gasteiger partial charge in [-0.2, -0.15) is 11.8 Å². The summed E-state index contributed by atoms with van der Waals surface area (Å²) in [6.45, 7) is 10.2. The Bertz CT molecular complexity index is 461. The van der Waals surface area contributed by atoms with Crippen molar-refractivity contribution in [2.75, 3.05) is 13.7 Å². The Hall–Kier alpha value is -0.670. The van der Waals surface area contributed by atoms with Gasteiger partial charge < -0.3 is 10.1 Å². The average Bonchev–Trinajstić information content (AvgIpc) is 2.48. The molecule has 1 N–H and O–H groups in total. The summed E-state index contributed by atoms with van der Waals surface area (Å²) < 4.78 is 5.37. The minimum Gasteiger partial charge on any atom is -0.497 e. The Kier molecular flexibility index (Phi) is 6.00. The molecule has 0 amide bonds. The molecule has 3 atom stereocenters. The monoisotopic (exact) mass is 307 g/mol. The minimum absolute atomic E-state index is 0.468. The fourth-order valence-electron chi connectivity index (χ4n) is 2.93. The van der Waals surface area contributed by atoms with E-state index in [-0.39, 0.29) is 0 Å². The molecule has 3 unspecified atom stereocenters. The van der Waals surface area contributed by atoms with E-state index in [0.717, 1.165) is 24.6 Å². The van der Waals surface area contributed by atoms with E-state index in [4.69, 9.17) is 4.74 Å². The van der Waals surface area contributed by atoms with E-state index < -0.39 is 0 Å². The summed E-state index contributed by atoms with van der Waals surface area (Å²) in [5.74, 6) is 1.71. The van der Waals surface area contributed by atoms with Crippen LogP contribution in [0.5, 0.6) is 5.75 Å². The number of hydrogen-bond acceptors (Lipinski definition) is 3. The molecule has 3 heteroatoms. The number of rotatable bonds is 6. The van der Waals surface area contributed by atoms with Crippen LogP contribution >= 0.6 is 11.8 Å². The third-order valence-electron chi connectivity index (χ3n) is 4.51. The second kappa shape index (κ2) is 7.55. The third-order valence-corrected chi connectivity index (χ3v) is 6.34. The molecule has 0 aromatic heterocycles. The second-order valence-corrected chi connectivity index (χ2v) is 7.88. The van der Waals surface area contributed by atoms with Crippen molar-refractivity contribution in [3.05, 3.63) is 29.3 Å². The van der Waals surface area contributed by atoms with Crippen LogP contribution in [0, 0.1) is 5.92 Å². The number of nitrogens with one attached hydrogen (secondary N) is 1. The Morgan fingerprint density at radius 2 is 2.10 bits per heavy atom. The molecule has 1 aromatic carbocycles. The Labute approximate surface area is 134 Å². The molecule has 0 spiro atoms. The summed E-state index contributed by atoms with van der Waals surface area (Å²) in [4.78, 5) is 0. The van der Waals surface area contributed by atoms with Crippen molar-refractivity contribution in [3.8, 4) is 5.75 Å². The molecule has 0 saturated heterocycles. The Morgan fingerprint density at radius 1 is 1.33 bits per heavy atom. The lowest BCUT2D eigenvalue weighted by Gasteiger charge is -2.36. The summed E-state index contributed by atoms with van der Waals surface area (Å²) in [6, 6.07) is 7.04. The summed E-state index contributed by atoms with van der Waals surface area (Å²) in [7, 11) is 1.75. The largest absolute Gasteiger partial charge is 0.497 e. The lowest BCUT2D eigenvalue weighted by atomic mass is 9.87. The van der Waals surface area contributed by atoms with Gasteiger partial charge in [-0.05, 0) is 48.6 Å². The number of fused-ring (bicyclic) bond motifs is 1. The topological polar surface area (TPSA) is 21.3 Å². The molecular formula is C18H29NOS. The average molecular weight is 308 g/mol. The first-order valence-corrected chi connectivity index (χ1v) is 9.06. The van der Waals surface area contributed by atoms with Crippen LogP contribution in [0.4, 0.5) is 0 Å². The van der Waals surface area contributed by atoms with Crippen molar-refractivity contribution in [1.82, 2.24) is 5.32 Å². The van der Waals surface area contributed by atoms with Gasteiger partial charge in [0, 0.05) is 16.5 Å². The van der Waals surface area contributed by atoms with Crippen LogP contribution < -0.4 is 10.1 Å². The molecule has 2 rings (SSSR count). The van der Waals surface area contributed by atoms with Crippen LogP contribution in [0.25, 0.3) is 0 Å². The normalized spacial score (nSPS) is 23.0. The maximum Gasteiger partial charge on any atom is 0.119 e. The second-order valence-electron chi connectivity index (χ2n) is 6.26. The van der Waals surface area contributed by atoms with Crippen LogP contribution in [0.1, 0.15) is 51.3 Å². The first-order chi connectivity index (χ1) is 10.1. The molecule has 0 heterocycles. The molecule has 1 aliphatic carbocycles. The van der Waals surface area contributed by atoms with E-state index in [1.165, 1.54) is 17.5 Å². The van der Waals surface area contributed by atoms with Crippen molar-refractivity contribution in [3.63, 3.8) is 0 Å². The first kappa shape index (κ1) is 16.7. The maximum absolute atomic E-state index is 5.37. The van der Waals surface area contributed by atoms with Gasteiger partial charge in [0.2, 0.25) is 0 Å². The summed E-state index contributed by atoms with van der Waals surface area (Å²) >= 11 is 2.16. The summed E-state index contributed by atoms with van der Waals surface area (Å²) in [5, 5.41) is 5.09. The van der Waals surface area contributed by atoms with Crippen LogP contribution in [-0.4, -0.2) is 24.2 Å². The smallest absolute Gasteiger partial charge is 0.119 e. The van der Waals surface area contributed by atoms with E-state index in [1.807, 2.05) is 0 Å². The van der Waals surface area contributed by atoms with Crippen molar-refractivity contribution in [2.45, 2.75) is 57.1 Å². The Balaban J connectivity index is 2.21. The molecule has 0 fully saturated rings. The van der Waals surface area contributed by atoms with E-state index in [2.05, 4.69) is 63.0 Å². The predicted molar refractivity (Wildman–Crippen MR) is 93.4 cm³/mol. The van der Waals surface area contributed by atoms with Gasteiger partial charge in [0.1, 0.15) is 5.75 Å². The van der Waals surface area contributed by atoms with Gasteiger partial charge in [-0.1, -0.05) is 33.8 Å². The number of benzene rings is 1. The van der Waals surface area contributed by atoms with Gasteiger partial charge in [-0.15, -0.1) is 0 Å². The van der Waals surface area contributed by atoms with Crippen molar-refractivity contribution in [1.29, 1.82) is 0 Å². The van der Waals surface area contributed by atoms with Gasteiger partial charge in [-0.25, -0.2) is 0 Å². The first-order valence-electron chi connectivity index (χ1n) is 8.12. The van der Waals surface area contributed by atoms with Gasteiger partial charge in [0.25, 0.3) is 0 Å². The molecule has 0 radical (unpaired) electrons. The standard InChI is InChI=1S/C18H29NOS/c1-6-19-18-16-9-8-15(20-5)11-14(16)7-10-17(18)21-13(4)12(2)3/h8-9,11-13,17-19H,6-7,10H2,1-5H3. The van der Waals surface area contributed by atoms with Crippen LogP contribution in [-0.2, 0) is 6.42 Å².